The SMILES string of the molecule is C[C@H](CN1[C@@H]2CC[C@H]1CC(c1cccc(O)c1)C2)NC(=O)CC(Cc1ccccc1)C(=O)O. The first kappa shape index (κ1) is 23.3. The summed E-state index contributed by atoms with van der Waals surface area (Å²) in [6.07, 6.45) is 4.81. The van der Waals surface area contributed by atoms with E-state index in [9.17, 15) is 19.8 Å². The number of piperidine rings is 1. The monoisotopic (exact) mass is 450 g/mol. The number of aromatic hydroxyl groups is 1. The third-order valence-electron chi connectivity index (χ3n) is 7.22. The predicted molar refractivity (Wildman–Crippen MR) is 127 cm³/mol. The van der Waals surface area contributed by atoms with Crippen LogP contribution in [0.2, 0.25) is 0 Å². The lowest BCUT2D eigenvalue weighted by Crippen LogP contribution is -2.49. The van der Waals surface area contributed by atoms with E-state index in [0.717, 1.165) is 24.9 Å². The van der Waals surface area contributed by atoms with Gasteiger partial charge in [0, 0.05) is 31.1 Å². The van der Waals surface area contributed by atoms with Gasteiger partial charge in [-0.15, -0.1) is 0 Å². The Labute approximate surface area is 195 Å². The van der Waals surface area contributed by atoms with Crippen LogP contribution in [0.25, 0.3) is 0 Å². The lowest BCUT2D eigenvalue weighted by molar-refractivity contribution is -0.144. The second kappa shape index (κ2) is 10.4. The number of rotatable bonds is 9. The van der Waals surface area contributed by atoms with Crippen LogP contribution in [0.1, 0.15) is 56.1 Å². The highest BCUT2D eigenvalue weighted by Gasteiger charge is 2.41. The zero-order valence-corrected chi connectivity index (χ0v) is 19.2. The molecule has 2 aliphatic heterocycles. The third-order valence-corrected chi connectivity index (χ3v) is 7.22. The van der Waals surface area contributed by atoms with Crippen molar-refractivity contribution >= 4 is 11.9 Å². The molecule has 3 N–H and O–H groups in total. The van der Waals surface area contributed by atoms with Gasteiger partial charge in [-0.3, -0.25) is 14.5 Å². The molecule has 6 heteroatoms. The third kappa shape index (κ3) is 5.93. The topological polar surface area (TPSA) is 89.9 Å². The molecule has 2 heterocycles. The maximum absolute atomic E-state index is 12.6. The van der Waals surface area contributed by atoms with Crippen LogP contribution in [0.4, 0.5) is 0 Å². The summed E-state index contributed by atoms with van der Waals surface area (Å²) < 4.78 is 0. The smallest absolute Gasteiger partial charge is 0.307 e. The summed E-state index contributed by atoms with van der Waals surface area (Å²) in [6.45, 7) is 2.79. The summed E-state index contributed by atoms with van der Waals surface area (Å²) in [5, 5.41) is 22.5. The first-order valence-corrected chi connectivity index (χ1v) is 12.0. The first-order valence-electron chi connectivity index (χ1n) is 12.0. The Morgan fingerprint density at radius 1 is 1.06 bits per heavy atom. The normalized spacial score (nSPS) is 24.2. The molecule has 176 valence electrons. The highest BCUT2D eigenvalue weighted by molar-refractivity contribution is 5.82. The van der Waals surface area contributed by atoms with E-state index >= 15 is 0 Å². The van der Waals surface area contributed by atoms with Gasteiger partial charge in [0.25, 0.3) is 0 Å². The number of hydrogen-bond donors (Lipinski definition) is 3. The van der Waals surface area contributed by atoms with E-state index in [-0.39, 0.29) is 18.4 Å². The molecule has 2 saturated heterocycles. The number of nitrogens with one attached hydrogen (secondary N) is 1. The molecule has 0 saturated carbocycles. The minimum Gasteiger partial charge on any atom is -0.508 e. The average molecular weight is 451 g/mol. The number of phenols is 1. The molecule has 5 atom stereocenters. The Morgan fingerprint density at radius 2 is 1.76 bits per heavy atom. The van der Waals surface area contributed by atoms with Crippen molar-refractivity contribution in [1.82, 2.24) is 10.2 Å². The minimum absolute atomic E-state index is 0.0129. The number of carboxylic acids is 1. The maximum atomic E-state index is 12.6. The van der Waals surface area contributed by atoms with Crippen LogP contribution < -0.4 is 5.32 Å². The van der Waals surface area contributed by atoms with Gasteiger partial charge >= 0.3 is 5.97 Å². The van der Waals surface area contributed by atoms with Crippen LogP contribution in [0.5, 0.6) is 5.75 Å². The second-order valence-electron chi connectivity index (χ2n) is 9.74. The van der Waals surface area contributed by atoms with Gasteiger partial charge < -0.3 is 15.5 Å². The van der Waals surface area contributed by atoms with Gasteiger partial charge in [0.15, 0.2) is 0 Å². The molecule has 2 aromatic carbocycles. The summed E-state index contributed by atoms with van der Waals surface area (Å²) >= 11 is 0. The minimum atomic E-state index is -0.936. The summed E-state index contributed by atoms with van der Waals surface area (Å²) in [7, 11) is 0. The van der Waals surface area contributed by atoms with Crippen molar-refractivity contribution in [2.75, 3.05) is 6.54 Å². The first-order chi connectivity index (χ1) is 15.9. The Kier molecular flexibility index (Phi) is 7.33. The largest absolute Gasteiger partial charge is 0.508 e. The number of fused-ring (bicyclic) bond motifs is 2. The standard InChI is InChI=1S/C27H34N2O4/c1-18(28-26(31)16-22(27(32)33)12-19-6-3-2-4-7-19)17-29-23-10-11-24(29)14-21(13-23)20-8-5-9-25(30)15-20/h2-9,15,18,21-24,30H,10-14,16-17H2,1H3,(H,28,31)(H,32,33)/t18-,21?,22?,23-,24+/m1/s1. The van der Waals surface area contributed by atoms with Crippen molar-refractivity contribution in [1.29, 1.82) is 0 Å². The van der Waals surface area contributed by atoms with Gasteiger partial charge in [0.2, 0.25) is 5.91 Å². The molecule has 2 unspecified atom stereocenters. The Hall–Kier alpha value is -2.86. The number of benzene rings is 2. The van der Waals surface area contributed by atoms with E-state index in [1.54, 1.807) is 6.07 Å². The fraction of sp³-hybridized carbons (Fsp3) is 0.481. The molecule has 33 heavy (non-hydrogen) atoms. The zero-order chi connectivity index (χ0) is 23.4. The van der Waals surface area contributed by atoms with E-state index < -0.39 is 11.9 Å². The van der Waals surface area contributed by atoms with Crippen molar-refractivity contribution in [2.24, 2.45) is 5.92 Å². The van der Waals surface area contributed by atoms with Crippen molar-refractivity contribution in [3.05, 3.63) is 65.7 Å². The molecule has 1 amide bonds. The van der Waals surface area contributed by atoms with Crippen LogP contribution in [-0.4, -0.2) is 51.7 Å². The van der Waals surface area contributed by atoms with Crippen molar-refractivity contribution < 1.29 is 19.8 Å². The van der Waals surface area contributed by atoms with Gasteiger partial charge in [-0.2, -0.15) is 0 Å². The van der Waals surface area contributed by atoms with E-state index in [1.165, 1.54) is 18.4 Å². The lowest BCUT2D eigenvalue weighted by atomic mass is 9.85. The van der Waals surface area contributed by atoms with Crippen molar-refractivity contribution in [3.63, 3.8) is 0 Å². The molecule has 0 aliphatic carbocycles. The van der Waals surface area contributed by atoms with Gasteiger partial charge in [-0.05, 0) is 68.2 Å². The van der Waals surface area contributed by atoms with E-state index in [4.69, 9.17) is 0 Å². The molecular formula is C27H34N2O4. The summed E-state index contributed by atoms with van der Waals surface area (Å²) in [5.74, 6) is -1.08. The van der Waals surface area contributed by atoms with Crippen LogP contribution in [0.3, 0.4) is 0 Å². The van der Waals surface area contributed by atoms with Crippen LogP contribution >= 0.6 is 0 Å². The molecule has 2 fully saturated rings. The van der Waals surface area contributed by atoms with Gasteiger partial charge in [0.05, 0.1) is 5.92 Å². The molecule has 2 bridgehead atoms. The van der Waals surface area contributed by atoms with Crippen molar-refractivity contribution in [3.8, 4) is 5.75 Å². The molecule has 0 radical (unpaired) electrons. The van der Waals surface area contributed by atoms with E-state index in [2.05, 4.69) is 16.3 Å². The Morgan fingerprint density at radius 3 is 2.39 bits per heavy atom. The average Bonchev–Trinajstić information content (AvgIpc) is 3.00. The molecule has 6 nitrogen and oxygen atoms in total. The van der Waals surface area contributed by atoms with Gasteiger partial charge in [-0.25, -0.2) is 0 Å². The highest BCUT2D eigenvalue weighted by Crippen LogP contribution is 2.43. The maximum Gasteiger partial charge on any atom is 0.307 e. The number of aliphatic carboxylic acids is 1. The fourth-order valence-electron chi connectivity index (χ4n) is 5.69. The number of hydrogen-bond acceptors (Lipinski definition) is 4. The highest BCUT2D eigenvalue weighted by atomic mass is 16.4. The lowest BCUT2D eigenvalue weighted by Gasteiger charge is -2.40. The van der Waals surface area contributed by atoms with Gasteiger partial charge in [-0.1, -0.05) is 42.5 Å². The van der Waals surface area contributed by atoms with Crippen LogP contribution in [0, 0.1) is 5.92 Å². The van der Waals surface area contributed by atoms with Gasteiger partial charge in [0.1, 0.15) is 5.75 Å². The van der Waals surface area contributed by atoms with Crippen molar-refractivity contribution in [2.45, 2.75) is 69.5 Å². The van der Waals surface area contributed by atoms with Crippen LogP contribution in [-0.2, 0) is 16.0 Å². The number of carbonyl (C=O) groups is 2. The number of carbonyl (C=O) groups excluding carboxylic acids is 1. The van der Waals surface area contributed by atoms with E-state index in [1.807, 2.05) is 49.4 Å². The molecule has 2 aromatic rings. The Bertz CT molecular complexity index is 950. The number of amides is 1. The predicted octanol–water partition coefficient (Wildman–Crippen LogP) is 3.94. The second-order valence-corrected chi connectivity index (χ2v) is 9.74. The zero-order valence-electron chi connectivity index (χ0n) is 19.2. The summed E-state index contributed by atoms with van der Waals surface area (Å²) in [5.41, 5.74) is 2.14. The molecule has 0 spiro atoms. The van der Waals surface area contributed by atoms with Crippen LogP contribution in [0.15, 0.2) is 54.6 Å². The fourth-order valence-corrected chi connectivity index (χ4v) is 5.69. The number of phenolic OH excluding ortho intramolecular Hbond substituents is 1. The molecular weight excluding hydrogens is 416 g/mol. The number of carboxylic acid groups (broad SMARTS) is 1. The molecule has 0 aromatic heterocycles. The number of nitrogens with zero attached hydrogens (tertiary/aromatic N) is 1. The summed E-state index contributed by atoms with van der Waals surface area (Å²) in [4.78, 5) is 26.9. The van der Waals surface area contributed by atoms with E-state index in [0.29, 0.717) is 30.2 Å². The molecule has 4 rings (SSSR count). The Balaban J connectivity index is 1.29. The summed E-state index contributed by atoms with van der Waals surface area (Å²) in [6, 6.07) is 18.0. The quantitative estimate of drug-likeness (QED) is 0.538. The molecule has 2 aliphatic rings.